The molecular weight excluding hydrogens is 1500 g/mol. The largest absolute Gasteiger partial charge is 1.00 e. The molecule has 12 aromatic rings. The quantitative estimate of drug-likeness (QED) is 0.0131. The minimum Gasteiger partial charge on any atom is -0.870 e. The summed E-state index contributed by atoms with van der Waals surface area (Å²) in [7, 11) is -6.09. The van der Waals surface area contributed by atoms with Gasteiger partial charge in [0, 0.05) is 86.7 Å². The second kappa shape index (κ2) is 48.8. The fourth-order valence-corrected chi connectivity index (χ4v) is 12.7. The van der Waals surface area contributed by atoms with Gasteiger partial charge in [-0.2, -0.15) is 10.5 Å². The van der Waals surface area contributed by atoms with Gasteiger partial charge in [0.25, 0.3) is 0 Å². The topological polar surface area (TPSA) is 385 Å². The van der Waals surface area contributed by atoms with Crippen LogP contribution in [0.3, 0.4) is 0 Å². The number of halogens is 1. The maximum atomic E-state index is 12.7. The number of carbonyl (C=O) groups excluding carboxylic acids is 2. The molecule has 0 saturated carbocycles. The number of hydrogen-bond acceptors (Lipinski definition) is 17. The maximum Gasteiger partial charge on any atom is 1.00 e. The number of nitrogens with zero attached hydrogens (tertiary/aromatic N) is 9. The standard InChI is InChI=1S/2C20H21N3O.C20H19N3.C16H14BrN.C4H6N2.CH4.K.2HO4P.H2O.2H2/c2*1-16-22-13-15-23(16)14-12-20(19(21)24,17-8-4-2-5-9-17)18-10-6-3-7-11-18;1-17-22-13-15-23(17)14-12-20(16-21,18-8-4-2-5-9-18)19-10-6-3-7-11-19;17-12-11-16(13-18,14-7-3-1-4-8-14)15-9-5-2-6-10-15;1-4-5-2-3-6-4;;;2*1-4-5(2)3;;;/h2*2-11,13,15H,12,14H2,1H3,(H2,21,24);2-11,13,15H,12,14H2,1H3;1-10H,11-12H2;2-3H,1H3,(H,5,6);1H4;;2*1H;1H2;2*1H/q;;;;;;+1;;;;;/p-1. The summed E-state index contributed by atoms with van der Waals surface area (Å²) in [6.45, 7) is 9.90. The molecule has 0 saturated heterocycles. The van der Waals surface area contributed by atoms with E-state index in [1.165, 1.54) is 0 Å². The van der Waals surface area contributed by atoms with Crippen LogP contribution in [-0.4, -0.2) is 71.8 Å². The fourth-order valence-electron chi connectivity index (χ4n) is 12.1. The molecule has 0 radical (unpaired) electrons. The van der Waals surface area contributed by atoms with E-state index in [1.807, 2.05) is 298 Å². The molecule has 2 unspecified atom stereocenters. The van der Waals surface area contributed by atoms with Crippen molar-refractivity contribution >= 4 is 44.3 Å². The molecule has 0 bridgehead atoms. The van der Waals surface area contributed by atoms with Gasteiger partial charge in [0.05, 0.1) is 12.1 Å². The first kappa shape index (κ1) is 92.8. The van der Waals surface area contributed by atoms with Crippen molar-refractivity contribution < 1.29 is 108 Å². The van der Waals surface area contributed by atoms with E-state index in [1.54, 1.807) is 31.0 Å². The van der Waals surface area contributed by atoms with Crippen LogP contribution in [0.2, 0.25) is 0 Å². The molecular formula is C81H92BrKN12O11P2. The van der Waals surface area contributed by atoms with Crippen molar-refractivity contribution in [1.82, 2.24) is 38.6 Å². The van der Waals surface area contributed by atoms with Crippen LogP contribution in [0.5, 0.6) is 0 Å². The third-order valence-corrected chi connectivity index (χ3v) is 18.2. The van der Waals surface area contributed by atoms with Crippen LogP contribution in [0, 0.1) is 50.4 Å². The van der Waals surface area contributed by atoms with Gasteiger partial charge < -0.3 is 45.4 Å². The first-order valence-electron chi connectivity index (χ1n) is 33.1. The first-order valence-corrected chi connectivity index (χ1v) is 36.4. The minimum absolute atomic E-state index is 0. The van der Waals surface area contributed by atoms with Crippen molar-refractivity contribution in [3.63, 3.8) is 0 Å². The fraction of sp³-hybridized carbons (Fsp3) is 0.210. The summed E-state index contributed by atoms with van der Waals surface area (Å²) < 4.78 is 29.5. The molecule has 0 aliphatic rings. The van der Waals surface area contributed by atoms with Gasteiger partial charge in [-0.15, -0.1) is 0 Å². The number of benzene rings is 8. The third kappa shape index (κ3) is 26.2. The first-order chi connectivity index (χ1) is 50.8. The monoisotopic (exact) mass is 1590 g/mol. The summed E-state index contributed by atoms with van der Waals surface area (Å²) in [6, 6.07) is 84.3. The Bertz CT molecular complexity index is 4310. The van der Waals surface area contributed by atoms with E-state index in [2.05, 4.69) is 66.9 Å². The van der Waals surface area contributed by atoms with Crippen molar-refractivity contribution in [3.05, 3.63) is 360 Å². The van der Waals surface area contributed by atoms with Crippen LogP contribution in [0.4, 0.5) is 0 Å². The van der Waals surface area contributed by atoms with E-state index in [9.17, 15) is 20.1 Å². The number of aromatic amines is 1. The molecule has 108 heavy (non-hydrogen) atoms. The van der Waals surface area contributed by atoms with Crippen LogP contribution in [0.25, 0.3) is 0 Å². The van der Waals surface area contributed by atoms with Crippen molar-refractivity contribution in [2.45, 2.75) is 102 Å². The Morgan fingerprint density at radius 2 is 0.694 bits per heavy atom. The van der Waals surface area contributed by atoms with Gasteiger partial charge in [0.15, 0.2) is 0 Å². The van der Waals surface area contributed by atoms with E-state index >= 15 is 0 Å². The molecule has 2 amide bonds. The SMILES string of the molecule is C.Cc1ncc[nH]1.Cc1nccn1CCC(C#N)(c1ccccc1)c1ccccc1.Cc1nccn1CCC(C(N)=O)(c1ccccc1)c1ccccc1.Cc1nccn1CCC(C(N)=O)(c1ccccc1)c1ccccc1.N#CC(CCBr)(c1ccccc1)c1ccccc1.O=[P+]([O-])OO.O=[P+]([O-])OO.[HH].[HH].[K+].[OH-]. The average Bonchev–Trinajstić information content (AvgIpc) is 0.962. The molecule has 0 aliphatic heterocycles. The number of imidazole rings is 4. The van der Waals surface area contributed by atoms with E-state index in [0.717, 1.165) is 86.1 Å². The smallest absolute Gasteiger partial charge is 0.870 e. The number of H-pyrrole nitrogens is 1. The second-order valence-electron chi connectivity index (χ2n) is 23.5. The molecule has 8 aromatic carbocycles. The van der Waals surface area contributed by atoms with Crippen LogP contribution in [-0.2, 0) is 69.4 Å². The Balaban J connectivity index is 0.000000678. The van der Waals surface area contributed by atoms with Crippen LogP contribution < -0.4 is 72.6 Å². The van der Waals surface area contributed by atoms with Gasteiger partial charge in [-0.25, -0.2) is 30.5 Å². The summed E-state index contributed by atoms with van der Waals surface area (Å²) in [5, 5.41) is 34.7. The Hall–Kier alpha value is -9.44. The number of aromatic nitrogens is 8. The maximum absolute atomic E-state index is 12.7. The Labute approximate surface area is 686 Å². The zero-order chi connectivity index (χ0) is 75.9. The summed E-state index contributed by atoms with van der Waals surface area (Å²) >= 11 is 3.47. The van der Waals surface area contributed by atoms with Crippen LogP contribution in [0.1, 0.15) is 104 Å². The van der Waals surface area contributed by atoms with Crippen molar-refractivity contribution in [2.24, 2.45) is 11.5 Å². The van der Waals surface area contributed by atoms with E-state index < -0.39 is 38.2 Å². The number of aryl methyl sites for hydroxylation is 7. The van der Waals surface area contributed by atoms with Gasteiger partial charge >= 0.3 is 67.9 Å². The predicted molar refractivity (Wildman–Crippen MR) is 416 cm³/mol. The number of carbonyl (C=O) groups is 2. The number of alkyl halides is 1. The Morgan fingerprint density at radius 3 is 0.861 bits per heavy atom. The van der Waals surface area contributed by atoms with Crippen LogP contribution in [0.15, 0.2) is 292 Å². The van der Waals surface area contributed by atoms with E-state index in [4.69, 9.17) is 40.9 Å². The molecule has 23 nitrogen and oxygen atoms in total. The molecule has 2 atom stereocenters. The van der Waals surface area contributed by atoms with Gasteiger partial charge in [-0.1, -0.05) is 266 Å². The van der Waals surface area contributed by atoms with Crippen molar-refractivity contribution in [3.8, 4) is 12.1 Å². The van der Waals surface area contributed by atoms with Gasteiger partial charge in [-0.3, -0.25) is 9.59 Å². The second-order valence-corrected chi connectivity index (χ2v) is 25.5. The van der Waals surface area contributed by atoms with Gasteiger partial charge in [-0.05, 0) is 107 Å². The summed E-state index contributed by atoms with van der Waals surface area (Å²) in [4.78, 5) is 62.7. The van der Waals surface area contributed by atoms with Crippen molar-refractivity contribution in [2.75, 3.05) is 5.33 Å². The third-order valence-electron chi connectivity index (χ3n) is 17.5. The molecule has 27 heteroatoms. The number of nitrogens with one attached hydrogen (secondary N) is 1. The predicted octanol–water partition coefficient (Wildman–Crippen LogP) is 12.1. The number of nitriles is 2. The zero-order valence-corrected chi connectivity index (χ0v) is 66.4. The molecule has 560 valence electrons. The van der Waals surface area contributed by atoms with E-state index in [0.29, 0.717) is 32.4 Å². The summed E-state index contributed by atoms with van der Waals surface area (Å²) in [5.74, 6) is 3.12. The molecule has 0 aliphatic carbocycles. The Morgan fingerprint density at radius 1 is 0.463 bits per heavy atom. The summed E-state index contributed by atoms with van der Waals surface area (Å²) in [6.07, 6.45) is 17.3. The molecule has 12 rings (SSSR count). The number of amides is 2. The minimum atomic E-state index is -3.04. The zero-order valence-electron chi connectivity index (χ0n) is 59.9. The van der Waals surface area contributed by atoms with Crippen LogP contribution >= 0.6 is 32.4 Å². The number of nitrogens with two attached hydrogens (primary N) is 2. The van der Waals surface area contributed by atoms with Gasteiger partial charge in [0.1, 0.15) is 45.0 Å². The van der Waals surface area contributed by atoms with E-state index in [-0.39, 0.29) is 79.0 Å². The number of primary amides is 2. The number of hydrogen-bond donors (Lipinski definition) is 5. The van der Waals surface area contributed by atoms with Gasteiger partial charge in [0.2, 0.25) is 11.8 Å². The van der Waals surface area contributed by atoms with Crippen molar-refractivity contribution in [1.29, 1.82) is 10.5 Å². The average molecular weight is 1590 g/mol. The molecule has 0 spiro atoms. The summed E-state index contributed by atoms with van der Waals surface area (Å²) in [5.41, 5.74) is 16.8. The molecule has 0 fully saturated rings. The molecule has 4 aromatic heterocycles. The number of rotatable bonds is 23. The molecule has 4 heterocycles. The molecule has 8 N–H and O–H groups in total. The normalized spacial score (nSPS) is 10.8. The Kier molecular flexibility index (Phi) is 41.9.